The summed E-state index contributed by atoms with van der Waals surface area (Å²) >= 11 is 0. The van der Waals surface area contributed by atoms with Crippen LogP contribution in [0.5, 0.6) is 0 Å². The lowest BCUT2D eigenvalue weighted by Crippen LogP contribution is -2.50. The number of piperazine rings is 1. The summed E-state index contributed by atoms with van der Waals surface area (Å²) in [5, 5.41) is 5.65. The van der Waals surface area contributed by atoms with E-state index >= 15 is 0 Å². The number of hydrogen-bond acceptors (Lipinski definition) is 4. The second kappa shape index (κ2) is 9.25. The fourth-order valence-electron chi connectivity index (χ4n) is 3.31. The maximum absolute atomic E-state index is 13.0. The summed E-state index contributed by atoms with van der Waals surface area (Å²) < 4.78 is 13.0. The van der Waals surface area contributed by atoms with Crippen molar-refractivity contribution in [3.8, 4) is 0 Å². The Morgan fingerprint density at radius 2 is 1.52 bits per heavy atom. The van der Waals surface area contributed by atoms with Crippen molar-refractivity contribution >= 4 is 29.1 Å². The monoisotopic (exact) mass is 419 g/mol. The van der Waals surface area contributed by atoms with E-state index in [1.807, 2.05) is 36.4 Å². The molecule has 0 unspecified atom stereocenters. The lowest BCUT2D eigenvalue weighted by molar-refractivity contribution is 0.102. The van der Waals surface area contributed by atoms with Crippen LogP contribution in [0.15, 0.2) is 72.9 Å². The first-order valence-corrected chi connectivity index (χ1v) is 9.97. The summed E-state index contributed by atoms with van der Waals surface area (Å²) in [6, 6.07) is 18.2. The van der Waals surface area contributed by atoms with Crippen molar-refractivity contribution in [2.75, 3.05) is 41.7 Å². The third-order valence-corrected chi connectivity index (χ3v) is 5.03. The lowest BCUT2D eigenvalue weighted by atomic mass is 10.2. The van der Waals surface area contributed by atoms with E-state index in [1.54, 1.807) is 17.2 Å². The van der Waals surface area contributed by atoms with Crippen molar-refractivity contribution in [2.24, 2.45) is 0 Å². The zero-order valence-electron chi connectivity index (χ0n) is 16.8. The number of para-hydroxylation sites is 1. The Bertz CT molecular complexity index is 1030. The third-order valence-electron chi connectivity index (χ3n) is 5.03. The summed E-state index contributed by atoms with van der Waals surface area (Å²) in [5.74, 6) is 0.0655. The molecular formula is C23H22FN5O2. The van der Waals surface area contributed by atoms with Crippen LogP contribution in [0, 0.1) is 5.82 Å². The Balaban J connectivity index is 1.29. The van der Waals surface area contributed by atoms with Crippen LogP contribution in [-0.4, -0.2) is 48.0 Å². The number of nitrogens with one attached hydrogen (secondary N) is 2. The fourth-order valence-corrected chi connectivity index (χ4v) is 3.31. The fraction of sp³-hybridized carbons (Fsp3) is 0.174. The van der Waals surface area contributed by atoms with Gasteiger partial charge in [-0.1, -0.05) is 18.2 Å². The van der Waals surface area contributed by atoms with Gasteiger partial charge in [0.1, 0.15) is 11.6 Å². The van der Waals surface area contributed by atoms with Crippen molar-refractivity contribution < 1.29 is 14.0 Å². The predicted molar refractivity (Wildman–Crippen MR) is 118 cm³/mol. The number of anilines is 3. The van der Waals surface area contributed by atoms with Gasteiger partial charge in [-0.15, -0.1) is 0 Å². The molecule has 2 aromatic carbocycles. The lowest BCUT2D eigenvalue weighted by Gasteiger charge is -2.35. The van der Waals surface area contributed by atoms with Gasteiger partial charge in [-0.05, 0) is 48.5 Å². The molecule has 0 saturated carbocycles. The molecule has 0 bridgehead atoms. The van der Waals surface area contributed by atoms with Gasteiger partial charge in [-0.2, -0.15) is 0 Å². The number of hydrogen-bond donors (Lipinski definition) is 2. The number of halogens is 1. The Morgan fingerprint density at radius 1 is 0.806 bits per heavy atom. The SMILES string of the molecule is O=C(Nc1ccc(N2CCN(C(=O)Nc3ccccc3)CC2)nc1)c1ccc(F)cc1. The Labute approximate surface area is 179 Å². The predicted octanol–water partition coefficient (Wildman–Crippen LogP) is 3.83. The number of pyridine rings is 1. The molecule has 3 amide bonds. The minimum Gasteiger partial charge on any atom is -0.353 e. The van der Waals surface area contributed by atoms with E-state index < -0.39 is 0 Å². The smallest absolute Gasteiger partial charge is 0.321 e. The van der Waals surface area contributed by atoms with Gasteiger partial charge in [0, 0.05) is 37.4 Å². The molecule has 3 aromatic rings. The van der Waals surface area contributed by atoms with E-state index in [0.717, 1.165) is 11.5 Å². The number of benzene rings is 2. The number of amides is 3. The van der Waals surface area contributed by atoms with Crippen LogP contribution >= 0.6 is 0 Å². The summed E-state index contributed by atoms with van der Waals surface area (Å²) in [5.41, 5.74) is 1.70. The molecule has 1 aromatic heterocycles. The molecule has 0 atom stereocenters. The highest BCUT2D eigenvalue weighted by molar-refractivity contribution is 6.04. The molecule has 31 heavy (non-hydrogen) atoms. The second-order valence-corrected chi connectivity index (χ2v) is 7.14. The molecular weight excluding hydrogens is 397 g/mol. The van der Waals surface area contributed by atoms with Gasteiger partial charge in [0.05, 0.1) is 11.9 Å². The Morgan fingerprint density at radius 3 is 2.16 bits per heavy atom. The van der Waals surface area contributed by atoms with Crippen LogP contribution in [0.1, 0.15) is 10.4 Å². The van der Waals surface area contributed by atoms with Crippen LogP contribution in [0.4, 0.5) is 26.4 Å². The van der Waals surface area contributed by atoms with E-state index in [2.05, 4.69) is 20.5 Å². The number of urea groups is 1. The highest BCUT2D eigenvalue weighted by Gasteiger charge is 2.22. The van der Waals surface area contributed by atoms with Crippen LogP contribution in [0.25, 0.3) is 0 Å². The van der Waals surface area contributed by atoms with Crippen LogP contribution in [0.3, 0.4) is 0 Å². The topological polar surface area (TPSA) is 77.6 Å². The van der Waals surface area contributed by atoms with Crippen LogP contribution in [-0.2, 0) is 0 Å². The molecule has 0 radical (unpaired) electrons. The van der Waals surface area contributed by atoms with Crippen LogP contribution in [0.2, 0.25) is 0 Å². The van der Waals surface area contributed by atoms with E-state index in [-0.39, 0.29) is 17.8 Å². The molecule has 1 fully saturated rings. The Kier molecular flexibility index (Phi) is 6.07. The molecule has 158 valence electrons. The molecule has 2 heterocycles. The second-order valence-electron chi connectivity index (χ2n) is 7.14. The van der Waals surface area contributed by atoms with Crippen molar-refractivity contribution in [2.45, 2.75) is 0 Å². The van der Waals surface area contributed by atoms with Crippen molar-refractivity contribution in [3.05, 3.63) is 84.3 Å². The minimum atomic E-state index is -0.389. The highest BCUT2D eigenvalue weighted by atomic mass is 19.1. The normalized spacial score (nSPS) is 13.6. The van der Waals surface area contributed by atoms with Crippen molar-refractivity contribution in [1.29, 1.82) is 0 Å². The average Bonchev–Trinajstić information content (AvgIpc) is 2.81. The molecule has 0 spiro atoms. The van der Waals surface area contributed by atoms with E-state index in [4.69, 9.17) is 0 Å². The van der Waals surface area contributed by atoms with Gasteiger partial charge >= 0.3 is 6.03 Å². The number of aromatic nitrogens is 1. The summed E-state index contributed by atoms with van der Waals surface area (Å²) in [6.45, 7) is 2.50. The van der Waals surface area contributed by atoms with E-state index in [0.29, 0.717) is 37.4 Å². The molecule has 1 saturated heterocycles. The standard InChI is InChI=1S/C23H22FN5O2/c24-18-8-6-17(7-9-18)22(30)26-20-10-11-21(25-16-20)28-12-14-29(15-13-28)23(31)27-19-4-2-1-3-5-19/h1-11,16H,12-15H2,(H,26,30)(H,27,31). The van der Waals surface area contributed by atoms with E-state index in [9.17, 15) is 14.0 Å². The quantitative estimate of drug-likeness (QED) is 0.674. The molecule has 8 heteroatoms. The summed E-state index contributed by atoms with van der Waals surface area (Å²) in [7, 11) is 0. The number of rotatable bonds is 4. The first-order chi connectivity index (χ1) is 15.1. The number of carbonyl (C=O) groups is 2. The Hall–Kier alpha value is -3.94. The van der Waals surface area contributed by atoms with Gasteiger partial charge in [-0.3, -0.25) is 4.79 Å². The van der Waals surface area contributed by atoms with Gasteiger partial charge in [0.25, 0.3) is 5.91 Å². The zero-order valence-corrected chi connectivity index (χ0v) is 16.8. The van der Waals surface area contributed by atoms with Gasteiger partial charge < -0.3 is 20.4 Å². The van der Waals surface area contributed by atoms with Gasteiger partial charge in [-0.25, -0.2) is 14.2 Å². The third kappa shape index (κ3) is 5.16. The molecule has 0 aliphatic carbocycles. The molecule has 7 nitrogen and oxygen atoms in total. The largest absolute Gasteiger partial charge is 0.353 e. The molecule has 1 aliphatic heterocycles. The van der Waals surface area contributed by atoms with Crippen LogP contribution < -0.4 is 15.5 Å². The molecule has 4 rings (SSSR count). The minimum absolute atomic E-state index is 0.113. The zero-order chi connectivity index (χ0) is 21.6. The maximum atomic E-state index is 13.0. The van der Waals surface area contributed by atoms with Crippen molar-refractivity contribution in [1.82, 2.24) is 9.88 Å². The first-order valence-electron chi connectivity index (χ1n) is 9.97. The maximum Gasteiger partial charge on any atom is 0.321 e. The number of nitrogens with zero attached hydrogens (tertiary/aromatic N) is 3. The van der Waals surface area contributed by atoms with E-state index in [1.165, 1.54) is 24.3 Å². The molecule has 2 N–H and O–H groups in total. The highest BCUT2D eigenvalue weighted by Crippen LogP contribution is 2.18. The van der Waals surface area contributed by atoms with Crippen molar-refractivity contribution in [3.63, 3.8) is 0 Å². The number of carbonyl (C=O) groups excluding carboxylic acids is 2. The summed E-state index contributed by atoms with van der Waals surface area (Å²) in [6.07, 6.45) is 1.59. The van der Waals surface area contributed by atoms with Gasteiger partial charge in [0.15, 0.2) is 0 Å². The first kappa shape index (κ1) is 20.3. The van der Waals surface area contributed by atoms with Gasteiger partial charge in [0.2, 0.25) is 0 Å². The molecule has 1 aliphatic rings. The average molecular weight is 419 g/mol. The summed E-state index contributed by atoms with van der Waals surface area (Å²) in [4.78, 5) is 32.9.